The standard InChI is InChI=1S/C20H25BrClFN4O3/c1-6-29-17-12-16(15(23)13(21)14(17)22)24-10-25-18(12)26-7-8-27(11(2)9-26)19(28)30-20(3,4)5/h10-11H,6-9H2,1-5H3/t11-/m1/s1. The Morgan fingerprint density at radius 3 is 2.67 bits per heavy atom. The first-order valence-electron chi connectivity index (χ1n) is 9.73. The lowest BCUT2D eigenvalue weighted by atomic mass is 10.1. The van der Waals surface area contributed by atoms with Gasteiger partial charge >= 0.3 is 6.09 Å². The third-order valence-corrected chi connectivity index (χ3v) is 6.02. The fraction of sp³-hybridized carbons (Fsp3) is 0.550. The first-order chi connectivity index (χ1) is 14.0. The van der Waals surface area contributed by atoms with Crippen molar-refractivity contribution in [2.75, 3.05) is 31.1 Å². The second-order valence-corrected chi connectivity index (χ2v) is 9.26. The Balaban J connectivity index is 1.98. The van der Waals surface area contributed by atoms with Crippen molar-refractivity contribution < 1.29 is 18.7 Å². The monoisotopic (exact) mass is 502 g/mol. The summed E-state index contributed by atoms with van der Waals surface area (Å²) in [6.45, 7) is 11.1. The van der Waals surface area contributed by atoms with Crippen LogP contribution in [0.1, 0.15) is 34.6 Å². The number of halogens is 3. The lowest BCUT2D eigenvalue weighted by Crippen LogP contribution is -2.55. The van der Waals surface area contributed by atoms with Crippen molar-refractivity contribution in [2.24, 2.45) is 0 Å². The number of nitrogens with zero attached hydrogens (tertiary/aromatic N) is 4. The average molecular weight is 504 g/mol. The molecule has 0 N–H and O–H groups in total. The molecule has 1 atom stereocenters. The van der Waals surface area contributed by atoms with Crippen LogP contribution in [-0.2, 0) is 4.74 Å². The molecule has 0 radical (unpaired) electrons. The van der Waals surface area contributed by atoms with E-state index in [-0.39, 0.29) is 27.1 Å². The largest absolute Gasteiger partial charge is 0.491 e. The van der Waals surface area contributed by atoms with Crippen LogP contribution in [0.5, 0.6) is 5.75 Å². The van der Waals surface area contributed by atoms with Crippen LogP contribution in [0.4, 0.5) is 15.0 Å². The van der Waals surface area contributed by atoms with Crippen LogP contribution in [0.2, 0.25) is 5.02 Å². The van der Waals surface area contributed by atoms with Gasteiger partial charge in [0, 0.05) is 25.7 Å². The molecule has 7 nitrogen and oxygen atoms in total. The SMILES string of the molecule is CCOc1c(Cl)c(Br)c(F)c2ncnc(N3CCN(C(=O)OC(C)(C)C)[C@H](C)C3)c12. The molecule has 0 unspecified atom stereocenters. The number of ether oxygens (including phenoxy) is 2. The summed E-state index contributed by atoms with van der Waals surface area (Å²) < 4.78 is 26.2. The van der Waals surface area contributed by atoms with E-state index in [2.05, 4.69) is 25.9 Å². The quantitative estimate of drug-likeness (QED) is 0.547. The number of carbonyl (C=O) groups excluding carboxylic acids is 1. The molecule has 1 aromatic carbocycles. The Morgan fingerprint density at radius 2 is 2.07 bits per heavy atom. The minimum absolute atomic E-state index is 0.105. The Hall–Kier alpha value is -1.87. The number of carbonyl (C=O) groups is 1. The van der Waals surface area contributed by atoms with Crippen LogP contribution in [-0.4, -0.2) is 58.8 Å². The summed E-state index contributed by atoms with van der Waals surface area (Å²) in [5, 5.41) is 0.557. The average Bonchev–Trinajstić information content (AvgIpc) is 2.67. The number of hydrogen-bond acceptors (Lipinski definition) is 6. The molecule has 3 rings (SSSR count). The van der Waals surface area contributed by atoms with Gasteiger partial charge in [-0.25, -0.2) is 19.2 Å². The first kappa shape index (κ1) is 22.8. The predicted octanol–water partition coefficient (Wildman–Crippen LogP) is 5.03. The molecule has 1 aliphatic heterocycles. The fourth-order valence-corrected chi connectivity index (χ4v) is 4.02. The number of hydrogen-bond donors (Lipinski definition) is 0. The molecule has 2 heterocycles. The lowest BCUT2D eigenvalue weighted by Gasteiger charge is -2.41. The lowest BCUT2D eigenvalue weighted by molar-refractivity contribution is 0.0158. The zero-order chi connectivity index (χ0) is 22.2. The number of rotatable bonds is 3. The molecule has 0 saturated carbocycles. The molecular weight excluding hydrogens is 479 g/mol. The van der Waals surface area contributed by atoms with E-state index in [4.69, 9.17) is 21.1 Å². The van der Waals surface area contributed by atoms with Gasteiger partial charge in [-0.05, 0) is 50.5 Å². The molecule has 2 aromatic rings. The normalized spacial score (nSPS) is 17.4. The van der Waals surface area contributed by atoms with Crippen molar-refractivity contribution in [3.63, 3.8) is 0 Å². The third kappa shape index (κ3) is 4.42. The predicted molar refractivity (Wildman–Crippen MR) is 118 cm³/mol. The van der Waals surface area contributed by atoms with Crippen molar-refractivity contribution in [1.82, 2.24) is 14.9 Å². The smallest absolute Gasteiger partial charge is 0.410 e. The van der Waals surface area contributed by atoms with Gasteiger partial charge in [-0.2, -0.15) is 0 Å². The zero-order valence-corrected chi connectivity index (χ0v) is 20.0. The summed E-state index contributed by atoms with van der Waals surface area (Å²) in [4.78, 5) is 24.7. The van der Waals surface area contributed by atoms with E-state index in [1.807, 2.05) is 39.5 Å². The zero-order valence-electron chi connectivity index (χ0n) is 17.6. The summed E-state index contributed by atoms with van der Waals surface area (Å²) in [6.07, 6.45) is 0.970. The third-order valence-electron chi connectivity index (χ3n) is 4.69. The molecule has 1 aromatic heterocycles. The minimum Gasteiger partial charge on any atom is -0.491 e. The number of benzene rings is 1. The molecule has 1 saturated heterocycles. The molecule has 0 spiro atoms. The van der Waals surface area contributed by atoms with Gasteiger partial charge in [0.2, 0.25) is 0 Å². The van der Waals surface area contributed by atoms with E-state index in [0.717, 1.165) is 0 Å². The first-order valence-corrected chi connectivity index (χ1v) is 10.9. The van der Waals surface area contributed by atoms with Crippen LogP contribution in [0, 0.1) is 5.82 Å². The molecular formula is C20H25BrClFN4O3. The molecule has 1 amide bonds. The van der Waals surface area contributed by atoms with Crippen LogP contribution in [0.25, 0.3) is 10.9 Å². The highest BCUT2D eigenvalue weighted by Gasteiger charge is 2.33. The van der Waals surface area contributed by atoms with Crippen LogP contribution >= 0.6 is 27.5 Å². The highest BCUT2D eigenvalue weighted by atomic mass is 79.9. The molecule has 0 aliphatic carbocycles. The van der Waals surface area contributed by atoms with Crippen LogP contribution in [0.3, 0.4) is 0 Å². The van der Waals surface area contributed by atoms with Gasteiger partial charge in [0.05, 0.1) is 16.5 Å². The minimum atomic E-state index is -0.567. The Morgan fingerprint density at radius 1 is 1.37 bits per heavy atom. The molecule has 0 bridgehead atoms. The molecule has 10 heteroatoms. The Bertz CT molecular complexity index is 969. The van der Waals surface area contributed by atoms with Crippen molar-refractivity contribution >= 4 is 50.3 Å². The van der Waals surface area contributed by atoms with Gasteiger partial charge in [0.1, 0.15) is 28.3 Å². The fourth-order valence-electron chi connectivity index (χ4n) is 3.42. The van der Waals surface area contributed by atoms with Crippen molar-refractivity contribution in [2.45, 2.75) is 46.3 Å². The van der Waals surface area contributed by atoms with E-state index in [0.29, 0.717) is 43.2 Å². The number of aromatic nitrogens is 2. The number of piperazine rings is 1. The summed E-state index contributed by atoms with van der Waals surface area (Å²) in [7, 11) is 0. The van der Waals surface area contributed by atoms with Gasteiger partial charge in [-0.3, -0.25) is 0 Å². The maximum absolute atomic E-state index is 14.9. The molecule has 1 fully saturated rings. The van der Waals surface area contributed by atoms with E-state index in [9.17, 15) is 9.18 Å². The van der Waals surface area contributed by atoms with E-state index < -0.39 is 11.4 Å². The maximum atomic E-state index is 14.9. The van der Waals surface area contributed by atoms with Crippen molar-refractivity contribution in [3.05, 3.63) is 21.6 Å². The summed E-state index contributed by atoms with van der Waals surface area (Å²) in [5.74, 6) is 0.287. The number of anilines is 1. The highest BCUT2D eigenvalue weighted by molar-refractivity contribution is 9.10. The summed E-state index contributed by atoms with van der Waals surface area (Å²) in [6, 6.07) is -0.134. The number of amides is 1. The van der Waals surface area contributed by atoms with E-state index in [1.165, 1.54) is 6.33 Å². The van der Waals surface area contributed by atoms with Gasteiger partial charge in [0.25, 0.3) is 0 Å². The van der Waals surface area contributed by atoms with Crippen molar-refractivity contribution in [3.8, 4) is 5.75 Å². The second kappa shape index (κ2) is 8.70. The van der Waals surface area contributed by atoms with Gasteiger partial charge in [-0.15, -0.1) is 0 Å². The highest BCUT2D eigenvalue weighted by Crippen LogP contribution is 2.44. The van der Waals surface area contributed by atoms with E-state index >= 15 is 0 Å². The van der Waals surface area contributed by atoms with Crippen LogP contribution in [0.15, 0.2) is 10.8 Å². The summed E-state index contributed by atoms with van der Waals surface area (Å²) in [5.41, 5.74) is -0.438. The maximum Gasteiger partial charge on any atom is 0.410 e. The van der Waals surface area contributed by atoms with Crippen LogP contribution < -0.4 is 9.64 Å². The van der Waals surface area contributed by atoms with E-state index in [1.54, 1.807) is 4.90 Å². The second-order valence-electron chi connectivity index (χ2n) is 8.09. The Kier molecular flexibility index (Phi) is 6.62. The molecule has 1 aliphatic rings. The number of fused-ring (bicyclic) bond motifs is 1. The topological polar surface area (TPSA) is 67.8 Å². The van der Waals surface area contributed by atoms with Gasteiger partial charge < -0.3 is 19.3 Å². The van der Waals surface area contributed by atoms with Gasteiger partial charge in [0.15, 0.2) is 11.6 Å². The van der Waals surface area contributed by atoms with Gasteiger partial charge in [-0.1, -0.05) is 11.6 Å². The molecule has 30 heavy (non-hydrogen) atoms. The van der Waals surface area contributed by atoms with Crippen molar-refractivity contribution in [1.29, 1.82) is 0 Å². The summed E-state index contributed by atoms with van der Waals surface area (Å²) >= 11 is 9.55. The molecule has 164 valence electrons. The Labute approximate surface area is 188 Å².